The van der Waals surface area contributed by atoms with Gasteiger partial charge in [0.25, 0.3) is 5.91 Å². The molecule has 23 heavy (non-hydrogen) atoms. The molecule has 0 spiro atoms. The number of aromatic nitrogens is 2. The molecule has 3 rings (SSSR count). The van der Waals surface area contributed by atoms with Crippen molar-refractivity contribution >= 4 is 17.7 Å². The predicted molar refractivity (Wildman–Crippen MR) is 81.6 cm³/mol. The number of aryl methyl sites for hydroxylation is 2. The number of nitrogens with one attached hydrogen (secondary N) is 1. The van der Waals surface area contributed by atoms with E-state index >= 15 is 0 Å². The molecule has 0 aliphatic carbocycles. The molecule has 8 nitrogen and oxygen atoms in total. The summed E-state index contributed by atoms with van der Waals surface area (Å²) in [5.74, 6) is -0.322. The van der Waals surface area contributed by atoms with E-state index < -0.39 is 0 Å². The van der Waals surface area contributed by atoms with E-state index in [1.54, 1.807) is 34.6 Å². The van der Waals surface area contributed by atoms with Crippen molar-refractivity contribution in [1.29, 1.82) is 0 Å². The molecule has 1 aromatic heterocycles. The molecule has 124 valence electrons. The van der Waals surface area contributed by atoms with Crippen molar-refractivity contribution in [3.05, 3.63) is 17.5 Å². The van der Waals surface area contributed by atoms with Gasteiger partial charge in [0.2, 0.25) is 11.8 Å². The molecule has 8 heteroatoms. The lowest BCUT2D eigenvalue weighted by Crippen LogP contribution is -2.55. The van der Waals surface area contributed by atoms with Crippen LogP contribution in [0.5, 0.6) is 0 Å². The van der Waals surface area contributed by atoms with Gasteiger partial charge < -0.3 is 15.1 Å². The zero-order valence-corrected chi connectivity index (χ0v) is 13.6. The third-order valence-electron chi connectivity index (χ3n) is 4.43. The molecule has 0 radical (unpaired) electrons. The van der Waals surface area contributed by atoms with Crippen molar-refractivity contribution in [2.75, 3.05) is 19.6 Å². The van der Waals surface area contributed by atoms with E-state index in [2.05, 4.69) is 10.4 Å². The molecule has 2 fully saturated rings. The molecule has 1 N–H and O–H groups in total. The average molecular weight is 319 g/mol. The minimum atomic E-state index is -0.161. The van der Waals surface area contributed by atoms with Crippen LogP contribution in [-0.2, 0) is 16.6 Å². The lowest BCUT2D eigenvalue weighted by atomic mass is 10.1. The third kappa shape index (κ3) is 2.93. The Morgan fingerprint density at radius 1 is 1.35 bits per heavy atom. The SMILES string of the molecule is CC(=O)N[C@H]1C[C@H]2CN(C(=O)c3cn(C)nc3C)CC(=O)N2C1. The van der Waals surface area contributed by atoms with E-state index in [0.717, 1.165) is 0 Å². The van der Waals surface area contributed by atoms with Gasteiger partial charge in [0.05, 0.1) is 17.3 Å². The molecule has 1 aromatic rings. The van der Waals surface area contributed by atoms with Crippen molar-refractivity contribution in [2.24, 2.45) is 7.05 Å². The Bertz CT molecular complexity index is 668. The van der Waals surface area contributed by atoms with Crippen molar-refractivity contribution in [1.82, 2.24) is 24.9 Å². The minimum Gasteiger partial charge on any atom is -0.352 e. The highest BCUT2D eigenvalue weighted by Crippen LogP contribution is 2.24. The van der Waals surface area contributed by atoms with Gasteiger partial charge in [-0.15, -0.1) is 0 Å². The first kappa shape index (κ1) is 15.5. The second-order valence-electron chi connectivity index (χ2n) is 6.32. The van der Waals surface area contributed by atoms with Gasteiger partial charge in [-0.1, -0.05) is 0 Å². The number of carbonyl (C=O) groups excluding carboxylic acids is 3. The molecule has 0 aromatic carbocycles. The van der Waals surface area contributed by atoms with Crippen LogP contribution < -0.4 is 5.32 Å². The fourth-order valence-corrected chi connectivity index (χ4v) is 3.49. The van der Waals surface area contributed by atoms with Crippen molar-refractivity contribution < 1.29 is 14.4 Å². The first-order valence-corrected chi connectivity index (χ1v) is 7.71. The van der Waals surface area contributed by atoms with Crippen LogP contribution in [0.4, 0.5) is 0 Å². The molecule has 0 saturated carbocycles. The van der Waals surface area contributed by atoms with E-state index in [0.29, 0.717) is 30.8 Å². The normalized spacial score (nSPS) is 23.9. The topological polar surface area (TPSA) is 87.5 Å². The van der Waals surface area contributed by atoms with Crippen LogP contribution in [0, 0.1) is 6.92 Å². The van der Waals surface area contributed by atoms with Gasteiger partial charge in [0, 0.05) is 39.3 Å². The van der Waals surface area contributed by atoms with E-state index in [1.807, 2.05) is 0 Å². The summed E-state index contributed by atoms with van der Waals surface area (Å²) in [5.41, 5.74) is 1.19. The highest BCUT2D eigenvalue weighted by molar-refractivity contribution is 5.98. The lowest BCUT2D eigenvalue weighted by molar-refractivity contribution is -0.136. The summed E-state index contributed by atoms with van der Waals surface area (Å²) >= 11 is 0. The zero-order valence-electron chi connectivity index (χ0n) is 13.6. The molecule has 2 aliphatic heterocycles. The zero-order chi connectivity index (χ0) is 16.7. The van der Waals surface area contributed by atoms with Crippen LogP contribution in [-0.4, -0.2) is 69.0 Å². The summed E-state index contributed by atoms with van der Waals surface area (Å²) in [6, 6.07) is -0.0642. The van der Waals surface area contributed by atoms with E-state index in [9.17, 15) is 14.4 Å². The van der Waals surface area contributed by atoms with Crippen LogP contribution >= 0.6 is 0 Å². The second-order valence-corrected chi connectivity index (χ2v) is 6.32. The Morgan fingerprint density at radius 2 is 2.09 bits per heavy atom. The molecule has 2 saturated heterocycles. The van der Waals surface area contributed by atoms with E-state index in [1.165, 1.54) is 6.92 Å². The summed E-state index contributed by atoms with van der Waals surface area (Å²) in [5, 5.41) is 7.04. The highest BCUT2D eigenvalue weighted by Gasteiger charge is 2.42. The van der Waals surface area contributed by atoms with Crippen LogP contribution in [0.1, 0.15) is 29.4 Å². The number of carbonyl (C=O) groups is 3. The minimum absolute atomic E-state index is 0.0309. The number of piperazine rings is 1. The fourth-order valence-electron chi connectivity index (χ4n) is 3.49. The Kier molecular flexibility index (Phi) is 3.83. The molecule has 3 heterocycles. The average Bonchev–Trinajstić information content (AvgIpc) is 3.00. The van der Waals surface area contributed by atoms with Gasteiger partial charge in [-0.05, 0) is 13.3 Å². The number of nitrogens with zero attached hydrogens (tertiary/aromatic N) is 4. The maximum Gasteiger partial charge on any atom is 0.257 e. The van der Waals surface area contributed by atoms with E-state index in [-0.39, 0.29) is 36.3 Å². The predicted octanol–water partition coefficient (Wildman–Crippen LogP) is -0.710. The van der Waals surface area contributed by atoms with Crippen LogP contribution in [0.3, 0.4) is 0 Å². The molecule has 3 amide bonds. The number of rotatable bonds is 2. The summed E-state index contributed by atoms with van der Waals surface area (Å²) in [6.07, 6.45) is 2.37. The lowest BCUT2D eigenvalue weighted by Gasteiger charge is -2.36. The molecule has 2 aliphatic rings. The Hall–Kier alpha value is -2.38. The summed E-state index contributed by atoms with van der Waals surface area (Å²) in [6.45, 7) is 4.36. The highest BCUT2D eigenvalue weighted by atomic mass is 16.2. The van der Waals surface area contributed by atoms with Gasteiger partial charge in [0.15, 0.2) is 0 Å². The standard InChI is InChI=1S/C15H21N5O3/c1-9-13(7-18(3)17-9)15(23)19-6-12-4-11(16-10(2)21)5-20(12)14(22)8-19/h7,11-12H,4-6,8H2,1-3H3,(H,16,21)/t11-,12-/m0/s1. The Morgan fingerprint density at radius 3 is 2.70 bits per heavy atom. The molecule has 0 bridgehead atoms. The molecular weight excluding hydrogens is 298 g/mol. The van der Waals surface area contributed by atoms with Gasteiger partial charge in [0.1, 0.15) is 6.54 Å². The monoisotopic (exact) mass is 319 g/mol. The summed E-state index contributed by atoms with van der Waals surface area (Å²) in [4.78, 5) is 39.6. The van der Waals surface area contributed by atoms with Gasteiger partial charge in [-0.2, -0.15) is 5.10 Å². The fraction of sp³-hybridized carbons (Fsp3) is 0.600. The van der Waals surface area contributed by atoms with Crippen LogP contribution in [0.2, 0.25) is 0 Å². The van der Waals surface area contributed by atoms with Crippen LogP contribution in [0.25, 0.3) is 0 Å². The van der Waals surface area contributed by atoms with Crippen molar-refractivity contribution in [3.63, 3.8) is 0 Å². The van der Waals surface area contributed by atoms with Crippen LogP contribution in [0.15, 0.2) is 6.20 Å². The largest absolute Gasteiger partial charge is 0.352 e. The molecule has 0 unspecified atom stereocenters. The summed E-state index contributed by atoms with van der Waals surface area (Å²) < 4.78 is 1.60. The first-order chi connectivity index (χ1) is 10.8. The van der Waals surface area contributed by atoms with Crippen molar-refractivity contribution in [2.45, 2.75) is 32.4 Å². The number of hydrogen-bond donors (Lipinski definition) is 1. The molecular formula is C15H21N5O3. The van der Waals surface area contributed by atoms with E-state index in [4.69, 9.17) is 0 Å². The third-order valence-corrected chi connectivity index (χ3v) is 4.43. The smallest absolute Gasteiger partial charge is 0.257 e. The quantitative estimate of drug-likeness (QED) is 0.780. The maximum absolute atomic E-state index is 12.7. The maximum atomic E-state index is 12.7. The van der Waals surface area contributed by atoms with Crippen molar-refractivity contribution in [3.8, 4) is 0 Å². The number of hydrogen-bond acceptors (Lipinski definition) is 4. The first-order valence-electron chi connectivity index (χ1n) is 7.71. The number of amides is 3. The van der Waals surface area contributed by atoms with Gasteiger partial charge in [-0.25, -0.2) is 0 Å². The van der Waals surface area contributed by atoms with Gasteiger partial charge in [-0.3, -0.25) is 19.1 Å². The molecule has 2 atom stereocenters. The second kappa shape index (κ2) is 5.68. The number of fused-ring (bicyclic) bond motifs is 1. The van der Waals surface area contributed by atoms with Gasteiger partial charge >= 0.3 is 0 Å². The Balaban J connectivity index is 1.73. The summed E-state index contributed by atoms with van der Waals surface area (Å²) in [7, 11) is 1.77. The Labute approximate surface area is 134 Å².